The van der Waals surface area contributed by atoms with Crippen molar-refractivity contribution in [2.45, 2.75) is 6.92 Å². The molecule has 4 rings (SSSR count). The van der Waals surface area contributed by atoms with Crippen LogP contribution in [0.25, 0.3) is 17.4 Å². The first-order valence-electron chi connectivity index (χ1n) is 8.81. The number of nitro groups is 1. The number of hydrogen-bond acceptors (Lipinski definition) is 8. The first kappa shape index (κ1) is 21.0. The summed E-state index contributed by atoms with van der Waals surface area (Å²) in [6.07, 6.45) is 1.49. The molecule has 0 radical (unpaired) electrons. The molecule has 0 bridgehead atoms. The number of thiophene rings is 1. The van der Waals surface area contributed by atoms with Gasteiger partial charge in [0.25, 0.3) is 17.5 Å². The van der Waals surface area contributed by atoms with E-state index < -0.39 is 16.7 Å². The van der Waals surface area contributed by atoms with Crippen molar-refractivity contribution in [3.05, 3.63) is 79.1 Å². The number of carbonyl (C=O) groups is 2. The van der Waals surface area contributed by atoms with Gasteiger partial charge in [-0.3, -0.25) is 25.1 Å². The zero-order chi connectivity index (χ0) is 22.1. The predicted octanol–water partition coefficient (Wildman–Crippen LogP) is 4.77. The summed E-state index contributed by atoms with van der Waals surface area (Å²) in [5, 5.41) is 14.1. The van der Waals surface area contributed by atoms with E-state index in [9.17, 15) is 19.7 Å². The van der Waals surface area contributed by atoms with Gasteiger partial charge in [-0.05, 0) is 54.4 Å². The second kappa shape index (κ2) is 8.46. The number of hydrazine groups is 1. The Labute approximate surface area is 189 Å². The molecule has 3 aromatic rings. The molecule has 2 aromatic heterocycles. The molecule has 3 heterocycles. The Morgan fingerprint density at radius 3 is 2.81 bits per heavy atom. The standard InChI is InChI=1S/C20H13N3O5S3/c1-11-4-6-13(14(9-11)23(26)27)15-7-5-12(28-15)10-17-19(25)22(20(29)31-17)21-18(24)16-3-2-8-30-16/h2-10H,1H3,(H,21,24)/b17-10+. The molecule has 1 aliphatic heterocycles. The van der Waals surface area contributed by atoms with E-state index in [2.05, 4.69) is 5.43 Å². The van der Waals surface area contributed by atoms with E-state index in [0.717, 1.165) is 22.3 Å². The SMILES string of the molecule is Cc1ccc(-c2ccc(/C=C3/SC(=S)N(NC(=O)c4cccs4)C3=O)o2)c([N+](=O)[O-])c1. The van der Waals surface area contributed by atoms with E-state index in [1.807, 2.05) is 0 Å². The number of nitro benzene ring substituents is 1. The second-order valence-electron chi connectivity index (χ2n) is 6.42. The van der Waals surface area contributed by atoms with Crippen LogP contribution >= 0.6 is 35.3 Å². The Balaban J connectivity index is 1.56. The Morgan fingerprint density at radius 2 is 2.10 bits per heavy atom. The molecule has 0 unspecified atom stereocenters. The first-order chi connectivity index (χ1) is 14.8. The minimum atomic E-state index is -0.487. The smallest absolute Gasteiger partial charge is 0.285 e. The highest BCUT2D eigenvalue weighted by Crippen LogP contribution is 2.35. The van der Waals surface area contributed by atoms with Gasteiger partial charge in [0, 0.05) is 12.1 Å². The van der Waals surface area contributed by atoms with E-state index in [1.165, 1.54) is 23.5 Å². The number of aryl methyl sites for hydroxylation is 1. The minimum Gasteiger partial charge on any atom is -0.456 e. The van der Waals surface area contributed by atoms with Gasteiger partial charge in [-0.25, -0.2) is 0 Å². The van der Waals surface area contributed by atoms with Gasteiger partial charge in [-0.2, -0.15) is 5.01 Å². The van der Waals surface area contributed by atoms with Crippen molar-refractivity contribution in [3.63, 3.8) is 0 Å². The maximum absolute atomic E-state index is 12.7. The lowest BCUT2D eigenvalue weighted by Crippen LogP contribution is -2.44. The molecule has 0 spiro atoms. The van der Waals surface area contributed by atoms with Crippen molar-refractivity contribution in [2.75, 3.05) is 0 Å². The molecule has 1 aromatic carbocycles. The van der Waals surface area contributed by atoms with E-state index in [1.54, 1.807) is 48.7 Å². The Kier molecular flexibility index (Phi) is 5.72. The van der Waals surface area contributed by atoms with Gasteiger partial charge in [0.15, 0.2) is 4.32 Å². The normalized spacial score (nSPS) is 15.0. The van der Waals surface area contributed by atoms with Crippen LogP contribution in [0.4, 0.5) is 5.69 Å². The van der Waals surface area contributed by atoms with Crippen LogP contribution in [0, 0.1) is 17.0 Å². The number of benzene rings is 1. The zero-order valence-electron chi connectivity index (χ0n) is 15.9. The third kappa shape index (κ3) is 4.29. The number of carbonyl (C=O) groups excluding carboxylic acids is 2. The average Bonchev–Trinajstić information content (AvgIpc) is 3.47. The van der Waals surface area contributed by atoms with Crippen molar-refractivity contribution < 1.29 is 18.9 Å². The van der Waals surface area contributed by atoms with Crippen LogP contribution in [-0.4, -0.2) is 26.1 Å². The summed E-state index contributed by atoms with van der Waals surface area (Å²) < 4.78 is 5.91. The maximum Gasteiger partial charge on any atom is 0.285 e. The Bertz CT molecular complexity index is 1250. The van der Waals surface area contributed by atoms with Crippen molar-refractivity contribution in [3.8, 4) is 11.3 Å². The summed E-state index contributed by atoms with van der Waals surface area (Å²) >= 11 is 7.48. The highest BCUT2D eigenvalue weighted by atomic mass is 32.2. The highest BCUT2D eigenvalue weighted by Gasteiger charge is 2.34. The average molecular weight is 472 g/mol. The van der Waals surface area contributed by atoms with E-state index in [-0.39, 0.29) is 14.9 Å². The lowest BCUT2D eigenvalue weighted by Gasteiger charge is -2.14. The Hall–Kier alpha value is -3.28. The summed E-state index contributed by atoms with van der Waals surface area (Å²) in [7, 11) is 0. The maximum atomic E-state index is 12.7. The second-order valence-corrected chi connectivity index (χ2v) is 9.04. The lowest BCUT2D eigenvalue weighted by molar-refractivity contribution is -0.384. The number of hydrogen-bond donors (Lipinski definition) is 1. The molecule has 1 fully saturated rings. The zero-order valence-corrected chi connectivity index (χ0v) is 18.3. The number of nitrogens with zero attached hydrogens (tertiary/aromatic N) is 2. The van der Waals surface area contributed by atoms with E-state index in [4.69, 9.17) is 16.6 Å². The Morgan fingerprint density at radius 1 is 1.29 bits per heavy atom. The summed E-state index contributed by atoms with van der Waals surface area (Å²) in [5.74, 6) is -0.284. The van der Waals surface area contributed by atoms with Gasteiger partial charge in [0.05, 0.1) is 20.3 Å². The fourth-order valence-electron chi connectivity index (χ4n) is 2.83. The van der Waals surface area contributed by atoms with E-state index >= 15 is 0 Å². The molecule has 8 nitrogen and oxygen atoms in total. The number of rotatable bonds is 5. The monoisotopic (exact) mass is 471 g/mol. The number of thioether (sulfide) groups is 1. The number of amides is 2. The largest absolute Gasteiger partial charge is 0.456 e. The van der Waals surface area contributed by atoms with Crippen molar-refractivity contribution >= 4 is 63.2 Å². The molecular weight excluding hydrogens is 458 g/mol. The molecule has 11 heteroatoms. The van der Waals surface area contributed by atoms with Crippen molar-refractivity contribution in [2.24, 2.45) is 0 Å². The number of furan rings is 1. The fourth-order valence-corrected chi connectivity index (χ4v) is 4.61. The first-order valence-corrected chi connectivity index (χ1v) is 10.9. The molecule has 1 saturated heterocycles. The fraction of sp³-hybridized carbons (Fsp3) is 0.0500. The number of thiocarbonyl (C=S) groups is 1. The summed E-state index contributed by atoms with van der Waals surface area (Å²) in [4.78, 5) is 36.5. The molecular formula is C20H13N3O5S3. The molecule has 1 N–H and O–H groups in total. The lowest BCUT2D eigenvalue weighted by atomic mass is 10.1. The molecule has 1 aliphatic rings. The van der Waals surface area contributed by atoms with Gasteiger partial charge < -0.3 is 4.42 Å². The van der Waals surface area contributed by atoms with Gasteiger partial charge >= 0.3 is 0 Å². The van der Waals surface area contributed by atoms with Crippen LogP contribution in [0.2, 0.25) is 0 Å². The van der Waals surface area contributed by atoms with Crippen molar-refractivity contribution in [1.82, 2.24) is 10.4 Å². The van der Waals surface area contributed by atoms with Crippen LogP contribution in [-0.2, 0) is 4.79 Å². The molecule has 156 valence electrons. The van der Waals surface area contributed by atoms with Crippen LogP contribution in [0.1, 0.15) is 21.0 Å². The quantitative estimate of drug-likeness (QED) is 0.247. The van der Waals surface area contributed by atoms with Crippen LogP contribution in [0.15, 0.2) is 57.2 Å². The van der Waals surface area contributed by atoms with E-state index in [0.29, 0.717) is 22.0 Å². The molecule has 0 aliphatic carbocycles. The van der Waals surface area contributed by atoms with Gasteiger partial charge in [0.1, 0.15) is 11.5 Å². The van der Waals surface area contributed by atoms with Gasteiger partial charge in [-0.1, -0.05) is 23.9 Å². The van der Waals surface area contributed by atoms with Crippen LogP contribution in [0.5, 0.6) is 0 Å². The van der Waals surface area contributed by atoms with Crippen molar-refractivity contribution in [1.29, 1.82) is 0 Å². The summed E-state index contributed by atoms with van der Waals surface area (Å²) in [6.45, 7) is 1.77. The van der Waals surface area contributed by atoms with Gasteiger partial charge in [-0.15, -0.1) is 11.3 Å². The predicted molar refractivity (Wildman–Crippen MR) is 122 cm³/mol. The number of nitrogens with one attached hydrogen (secondary N) is 1. The van der Waals surface area contributed by atoms with Gasteiger partial charge in [0.2, 0.25) is 0 Å². The van der Waals surface area contributed by atoms with Crippen LogP contribution < -0.4 is 5.43 Å². The van der Waals surface area contributed by atoms with Crippen LogP contribution in [0.3, 0.4) is 0 Å². The summed E-state index contributed by atoms with van der Waals surface area (Å²) in [6, 6.07) is 11.4. The third-order valence-electron chi connectivity index (χ3n) is 4.27. The molecule has 0 atom stereocenters. The summed E-state index contributed by atoms with van der Waals surface area (Å²) in [5.41, 5.74) is 3.53. The molecule has 2 amide bonds. The third-order valence-corrected chi connectivity index (χ3v) is 6.44. The topological polar surface area (TPSA) is 106 Å². The minimum absolute atomic E-state index is 0.0662. The highest BCUT2D eigenvalue weighted by molar-refractivity contribution is 8.26. The molecule has 31 heavy (non-hydrogen) atoms. The molecule has 0 saturated carbocycles.